The molecule has 0 aromatic rings. The van der Waals surface area contributed by atoms with Crippen LogP contribution in [0.4, 0.5) is 0 Å². The summed E-state index contributed by atoms with van der Waals surface area (Å²) in [4.78, 5) is 11.5. The normalized spacial score (nSPS) is 41.9. The summed E-state index contributed by atoms with van der Waals surface area (Å²) >= 11 is 0. The van der Waals surface area contributed by atoms with Crippen molar-refractivity contribution < 1.29 is 53.6 Å². The van der Waals surface area contributed by atoms with Gasteiger partial charge >= 0.3 is 0 Å². The Hall–Kier alpha value is -0.930. The van der Waals surface area contributed by atoms with Crippen molar-refractivity contribution in [3.8, 4) is 0 Å². The first-order valence-corrected chi connectivity index (χ1v) is 10.9. The van der Waals surface area contributed by atoms with Gasteiger partial charge in [0.2, 0.25) is 5.91 Å². The van der Waals surface area contributed by atoms with Gasteiger partial charge < -0.3 is 54.2 Å². The van der Waals surface area contributed by atoms with Crippen LogP contribution in [0, 0.1) is 0 Å². The first-order chi connectivity index (χ1) is 15.1. The van der Waals surface area contributed by atoms with Crippen molar-refractivity contribution in [1.29, 1.82) is 0 Å². The molecule has 5 N–H and O–H groups in total. The highest BCUT2D eigenvalue weighted by Crippen LogP contribution is 2.39. The fraction of sp³-hybridized carbons (Fsp3) is 0.950. The van der Waals surface area contributed by atoms with Crippen molar-refractivity contribution in [3.63, 3.8) is 0 Å². The molecule has 12 heteroatoms. The first-order valence-electron chi connectivity index (χ1n) is 10.9. The zero-order chi connectivity index (χ0) is 23.6. The van der Waals surface area contributed by atoms with E-state index < -0.39 is 79.7 Å². The van der Waals surface area contributed by atoms with Crippen molar-refractivity contribution in [1.82, 2.24) is 5.32 Å². The van der Waals surface area contributed by atoms with Crippen molar-refractivity contribution in [2.24, 2.45) is 0 Å². The van der Waals surface area contributed by atoms with Gasteiger partial charge in [-0.2, -0.15) is 0 Å². The van der Waals surface area contributed by atoms with Crippen LogP contribution < -0.4 is 5.32 Å². The molecule has 3 rings (SSSR count). The van der Waals surface area contributed by atoms with Gasteiger partial charge in [-0.25, -0.2) is 0 Å². The second kappa shape index (κ2) is 10.6. The third-order valence-electron chi connectivity index (χ3n) is 5.60. The smallest absolute Gasteiger partial charge is 0.217 e. The highest BCUT2D eigenvalue weighted by Gasteiger charge is 2.57. The summed E-state index contributed by atoms with van der Waals surface area (Å²) in [6.07, 6.45) is -8.30. The minimum atomic E-state index is -1.45. The van der Waals surface area contributed by atoms with Gasteiger partial charge in [-0.15, -0.1) is 0 Å². The van der Waals surface area contributed by atoms with Gasteiger partial charge in [0.1, 0.15) is 48.8 Å². The van der Waals surface area contributed by atoms with E-state index in [0.29, 0.717) is 6.61 Å². The molecule has 0 aliphatic carbocycles. The first kappa shape index (κ1) is 25.7. The van der Waals surface area contributed by atoms with Crippen LogP contribution in [-0.2, 0) is 33.2 Å². The molecule has 3 fully saturated rings. The number of rotatable bonds is 9. The van der Waals surface area contributed by atoms with E-state index in [4.69, 9.17) is 28.4 Å². The van der Waals surface area contributed by atoms with Gasteiger partial charge in [-0.1, -0.05) is 6.92 Å². The molecule has 0 radical (unpaired) electrons. The lowest BCUT2D eigenvalue weighted by molar-refractivity contribution is -0.280. The van der Waals surface area contributed by atoms with Gasteiger partial charge in [0.15, 0.2) is 18.4 Å². The summed E-state index contributed by atoms with van der Waals surface area (Å²) in [6.45, 7) is 6.29. The number of carbonyl (C=O) groups is 1. The summed E-state index contributed by atoms with van der Waals surface area (Å²) in [5.41, 5.74) is 0. The molecule has 186 valence electrons. The van der Waals surface area contributed by atoms with Crippen LogP contribution in [0.25, 0.3) is 0 Å². The summed E-state index contributed by atoms with van der Waals surface area (Å²) in [7, 11) is 0. The predicted octanol–water partition coefficient (Wildman–Crippen LogP) is -2.02. The lowest BCUT2D eigenvalue weighted by Gasteiger charge is -2.42. The lowest BCUT2D eigenvalue weighted by Crippen LogP contribution is -2.64. The molecular weight excluding hydrogens is 430 g/mol. The quantitative estimate of drug-likeness (QED) is 0.255. The van der Waals surface area contributed by atoms with Gasteiger partial charge in [0.25, 0.3) is 0 Å². The van der Waals surface area contributed by atoms with Crippen molar-refractivity contribution in [2.75, 3.05) is 19.8 Å². The largest absolute Gasteiger partial charge is 0.394 e. The second-order valence-electron chi connectivity index (χ2n) is 8.74. The fourth-order valence-corrected chi connectivity index (χ4v) is 4.16. The van der Waals surface area contributed by atoms with Crippen LogP contribution in [0.3, 0.4) is 0 Å². The average molecular weight is 465 g/mol. The van der Waals surface area contributed by atoms with Gasteiger partial charge in [0.05, 0.1) is 13.2 Å². The van der Waals surface area contributed by atoms with Crippen LogP contribution in [-0.4, -0.2) is 113 Å². The number of hydrogen-bond acceptors (Lipinski definition) is 11. The molecule has 3 heterocycles. The molecule has 0 aromatic heterocycles. The van der Waals surface area contributed by atoms with E-state index in [0.717, 1.165) is 6.42 Å². The Morgan fingerprint density at radius 2 is 1.88 bits per heavy atom. The number of fused-ring (bicyclic) bond motifs is 1. The van der Waals surface area contributed by atoms with Crippen LogP contribution >= 0.6 is 0 Å². The zero-order valence-electron chi connectivity index (χ0n) is 18.7. The molecule has 32 heavy (non-hydrogen) atoms. The summed E-state index contributed by atoms with van der Waals surface area (Å²) in [6, 6.07) is -1.11. The number of nitrogens with one attached hydrogen (secondary N) is 1. The molecular formula is C20H35NO11. The summed E-state index contributed by atoms with van der Waals surface area (Å²) in [5.74, 6) is -1.31. The second-order valence-corrected chi connectivity index (χ2v) is 8.74. The standard InChI is InChI=1S/C20H35NO11/c1-5-6-27-16-15(30-19-17(16)31-20(3,4)32-19)10(24)8-28-18-12(21-9(2)23)14(26)13(25)11(7-22)29-18/h10-19,22,24-26H,5-8H2,1-4H3,(H,21,23)/t10-,11+,12+,13+,14+,15+,16-,17+,18+,19+/m0/s1. The monoisotopic (exact) mass is 465 g/mol. The van der Waals surface area contributed by atoms with Crippen molar-refractivity contribution in [2.45, 2.75) is 101 Å². The maximum Gasteiger partial charge on any atom is 0.217 e. The predicted molar refractivity (Wildman–Crippen MR) is 106 cm³/mol. The van der Waals surface area contributed by atoms with Crippen molar-refractivity contribution in [3.05, 3.63) is 0 Å². The van der Waals surface area contributed by atoms with E-state index in [1.165, 1.54) is 6.92 Å². The van der Waals surface area contributed by atoms with E-state index in [1.807, 2.05) is 6.92 Å². The number of carbonyl (C=O) groups excluding carboxylic acids is 1. The Bertz CT molecular complexity index is 635. The van der Waals surface area contributed by atoms with E-state index in [-0.39, 0.29) is 6.61 Å². The summed E-state index contributed by atoms with van der Waals surface area (Å²) < 4.78 is 34.5. The molecule has 0 aromatic carbocycles. The Balaban J connectivity index is 1.65. The van der Waals surface area contributed by atoms with Crippen LogP contribution in [0.1, 0.15) is 34.1 Å². The maximum absolute atomic E-state index is 11.5. The molecule has 3 aliphatic heterocycles. The topological polar surface area (TPSA) is 165 Å². The molecule has 3 aliphatic rings. The highest BCUT2D eigenvalue weighted by molar-refractivity contribution is 5.73. The summed E-state index contributed by atoms with van der Waals surface area (Å²) in [5, 5.41) is 43.1. The molecule has 0 bridgehead atoms. The molecule has 0 saturated carbocycles. The number of aliphatic hydroxyl groups excluding tert-OH is 4. The van der Waals surface area contributed by atoms with Gasteiger partial charge in [0, 0.05) is 13.5 Å². The molecule has 12 nitrogen and oxygen atoms in total. The number of hydrogen-bond donors (Lipinski definition) is 5. The minimum absolute atomic E-state index is 0.304. The zero-order valence-corrected chi connectivity index (χ0v) is 18.7. The third kappa shape index (κ3) is 5.58. The van der Waals surface area contributed by atoms with E-state index in [2.05, 4.69) is 5.32 Å². The van der Waals surface area contributed by atoms with Crippen molar-refractivity contribution >= 4 is 5.91 Å². The Labute approximate surface area is 186 Å². The van der Waals surface area contributed by atoms with Gasteiger partial charge in [-0.3, -0.25) is 4.79 Å². The Morgan fingerprint density at radius 3 is 2.50 bits per heavy atom. The SMILES string of the molecule is CCCO[C@@H]1[C@H]2OC(C)(C)O[C@H]2O[C@@H]1[C@@H](O)CO[C@@H]1O[C@H](CO)[C@@H](O)[C@H](O)[C@H]1NC(C)=O. The third-order valence-corrected chi connectivity index (χ3v) is 5.60. The number of aliphatic hydroxyl groups is 4. The lowest BCUT2D eigenvalue weighted by atomic mass is 9.97. The maximum atomic E-state index is 11.5. The fourth-order valence-electron chi connectivity index (χ4n) is 4.16. The molecule has 10 atom stereocenters. The minimum Gasteiger partial charge on any atom is -0.394 e. The molecule has 0 spiro atoms. The molecule has 3 saturated heterocycles. The van der Waals surface area contributed by atoms with Crippen LogP contribution in [0.2, 0.25) is 0 Å². The average Bonchev–Trinajstić information content (AvgIpc) is 3.20. The molecule has 1 amide bonds. The highest BCUT2D eigenvalue weighted by atomic mass is 16.8. The van der Waals surface area contributed by atoms with Crippen LogP contribution in [0.5, 0.6) is 0 Å². The number of ether oxygens (including phenoxy) is 6. The molecule has 0 unspecified atom stereocenters. The van der Waals surface area contributed by atoms with E-state index >= 15 is 0 Å². The van der Waals surface area contributed by atoms with Gasteiger partial charge in [-0.05, 0) is 20.3 Å². The van der Waals surface area contributed by atoms with Crippen LogP contribution in [0.15, 0.2) is 0 Å². The number of amides is 1. The van der Waals surface area contributed by atoms with E-state index in [1.54, 1.807) is 13.8 Å². The van der Waals surface area contributed by atoms with E-state index in [9.17, 15) is 25.2 Å². The Morgan fingerprint density at radius 1 is 1.16 bits per heavy atom. The Kier molecular flexibility index (Phi) is 8.47.